The molecule has 1 amide bonds. The fraction of sp³-hybridized carbons (Fsp3) is 0.731. The molecular weight excluding hydrogens is 420 g/mol. The van der Waals surface area contributed by atoms with E-state index >= 15 is 0 Å². The van der Waals surface area contributed by atoms with Crippen LogP contribution in [0.5, 0.6) is 0 Å². The predicted octanol–water partition coefficient (Wildman–Crippen LogP) is 5.05. The first-order valence-corrected chi connectivity index (χ1v) is 12.2. The average molecular weight is 461 g/mol. The van der Waals surface area contributed by atoms with Gasteiger partial charge in [0, 0.05) is 32.2 Å². The highest BCUT2D eigenvalue weighted by Gasteiger charge is 2.59. The van der Waals surface area contributed by atoms with Crippen LogP contribution in [0.4, 0.5) is 4.79 Å². The van der Waals surface area contributed by atoms with Gasteiger partial charge < -0.3 is 19.5 Å². The van der Waals surface area contributed by atoms with Gasteiger partial charge in [0.05, 0.1) is 6.04 Å². The fourth-order valence-electron chi connectivity index (χ4n) is 5.09. The van der Waals surface area contributed by atoms with Crippen molar-refractivity contribution < 1.29 is 23.8 Å². The van der Waals surface area contributed by atoms with Gasteiger partial charge in [-0.05, 0) is 75.5 Å². The number of carbonyl (C=O) groups excluding carboxylic acids is 2. The van der Waals surface area contributed by atoms with E-state index in [1.165, 1.54) is 11.1 Å². The maximum absolute atomic E-state index is 13.5. The van der Waals surface area contributed by atoms with Crippen LogP contribution in [0.1, 0.15) is 97.4 Å². The van der Waals surface area contributed by atoms with Gasteiger partial charge in [-0.25, -0.2) is 9.59 Å². The third kappa shape index (κ3) is 5.68. The number of hydrogen-bond acceptors (Lipinski definition) is 6. The Bertz CT molecular complexity index is 889. The summed E-state index contributed by atoms with van der Waals surface area (Å²) >= 11 is 0. The Hall–Kier alpha value is -2.15. The van der Waals surface area contributed by atoms with Crippen molar-refractivity contribution in [2.24, 2.45) is 5.92 Å². The summed E-state index contributed by atoms with van der Waals surface area (Å²) in [6.45, 7) is 15.2. The Morgan fingerprint density at radius 2 is 2.03 bits per heavy atom. The first-order valence-electron chi connectivity index (χ1n) is 12.2. The second-order valence-corrected chi connectivity index (χ2v) is 11.3. The van der Waals surface area contributed by atoms with E-state index in [9.17, 15) is 9.59 Å². The van der Waals surface area contributed by atoms with Gasteiger partial charge in [0.2, 0.25) is 5.79 Å². The fourth-order valence-corrected chi connectivity index (χ4v) is 5.09. The number of rotatable bonds is 7. The highest BCUT2D eigenvalue weighted by Crippen LogP contribution is 2.43. The van der Waals surface area contributed by atoms with E-state index in [1.807, 2.05) is 27.0 Å². The molecule has 0 bridgehead atoms. The molecule has 33 heavy (non-hydrogen) atoms. The molecule has 7 nitrogen and oxygen atoms in total. The van der Waals surface area contributed by atoms with Crippen LogP contribution >= 0.6 is 0 Å². The van der Waals surface area contributed by atoms with Gasteiger partial charge in [-0.3, -0.25) is 4.98 Å². The Morgan fingerprint density at radius 3 is 2.58 bits per heavy atom. The van der Waals surface area contributed by atoms with E-state index in [-0.39, 0.29) is 12.3 Å². The van der Waals surface area contributed by atoms with Crippen molar-refractivity contribution >= 4 is 12.1 Å². The number of hydrogen-bond donors (Lipinski definition) is 1. The van der Waals surface area contributed by atoms with E-state index < -0.39 is 35.1 Å². The second kappa shape index (κ2) is 9.24. The van der Waals surface area contributed by atoms with Crippen LogP contribution in [0.25, 0.3) is 0 Å². The molecule has 1 saturated heterocycles. The molecule has 0 spiro atoms. The number of aromatic nitrogens is 1. The van der Waals surface area contributed by atoms with Crippen LogP contribution in [0, 0.1) is 5.92 Å². The molecule has 1 unspecified atom stereocenters. The van der Waals surface area contributed by atoms with Gasteiger partial charge in [-0.1, -0.05) is 20.8 Å². The molecule has 1 aliphatic carbocycles. The zero-order valence-corrected chi connectivity index (χ0v) is 21.4. The van der Waals surface area contributed by atoms with Gasteiger partial charge in [0.25, 0.3) is 0 Å². The maximum atomic E-state index is 13.5. The number of carbonyl (C=O) groups is 2. The number of fused-ring (bicyclic) bond motifs is 1. The van der Waals surface area contributed by atoms with Crippen LogP contribution in [0.15, 0.2) is 12.3 Å². The molecule has 3 rings (SSSR count). The predicted molar refractivity (Wildman–Crippen MR) is 126 cm³/mol. The molecule has 0 saturated carbocycles. The Morgan fingerprint density at radius 1 is 1.33 bits per heavy atom. The lowest BCUT2D eigenvalue weighted by Gasteiger charge is -2.36. The molecular formula is C26H40N2O5. The highest BCUT2D eigenvalue weighted by molar-refractivity contribution is 5.84. The number of esters is 1. The number of alkyl carbamates (subject to hydrolysis) is 1. The molecule has 7 heteroatoms. The summed E-state index contributed by atoms with van der Waals surface area (Å²) in [7, 11) is 0. The summed E-state index contributed by atoms with van der Waals surface area (Å²) in [5.74, 6) is -0.975. The summed E-state index contributed by atoms with van der Waals surface area (Å²) in [5, 5.41) is 2.95. The lowest BCUT2D eigenvalue weighted by Crippen LogP contribution is -2.59. The van der Waals surface area contributed by atoms with Crippen molar-refractivity contribution in [1.82, 2.24) is 10.3 Å². The molecule has 0 radical (unpaired) electrons. The average Bonchev–Trinajstić information content (AvgIpc) is 3.18. The topological polar surface area (TPSA) is 86.8 Å². The van der Waals surface area contributed by atoms with Gasteiger partial charge in [-0.2, -0.15) is 0 Å². The summed E-state index contributed by atoms with van der Waals surface area (Å²) < 4.78 is 17.6. The number of aryl methyl sites for hydroxylation is 1. The van der Waals surface area contributed by atoms with Crippen LogP contribution in [0.2, 0.25) is 0 Å². The van der Waals surface area contributed by atoms with Crippen molar-refractivity contribution in [1.29, 1.82) is 0 Å². The maximum Gasteiger partial charge on any atom is 0.407 e. The van der Waals surface area contributed by atoms with Gasteiger partial charge in [0.1, 0.15) is 5.60 Å². The SMILES string of the molecule is CCC1CCc2ccnc(C[C@]3([C@H](CC(C)C)NC(=O)OC(C)(C)C)OC(C)(C)OC3=O)c21. The number of ether oxygens (including phenoxy) is 3. The van der Waals surface area contributed by atoms with Crippen molar-refractivity contribution in [3.8, 4) is 0 Å². The van der Waals surface area contributed by atoms with Crippen molar-refractivity contribution in [2.75, 3.05) is 0 Å². The van der Waals surface area contributed by atoms with Gasteiger partial charge in [0.15, 0.2) is 5.60 Å². The number of cyclic esters (lactones) is 1. The van der Waals surface area contributed by atoms with Gasteiger partial charge in [-0.15, -0.1) is 0 Å². The molecule has 1 aliphatic heterocycles. The van der Waals surface area contributed by atoms with Crippen LogP contribution in [-0.2, 0) is 31.8 Å². The van der Waals surface area contributed by atoms with Crippen LogP contribution < -0.4 is 5.32 Å². The molecule has 184 valence electrons. The molecule has 1 aromatic heterocycles. The molecule has 2 heterocycles. The summed E-state index contributed by atoms with van der Waals surface area (Å²) in [5.41, 5.74) is 1.31. The number of nitrogens with one attached hydrogen (secondary N) is 1. The third-order valence-electron chi connectivity index (χ3n) is 6.33. The highest BCUT2D eigenvalue weighted by atomic mass is 16.8. The van der Waals surface area contributed by atoms with E-state index in [2.05, 4.69) is 32.2 Å². The summed E-state index contributed by atoms with van der Waals surface area (Å²) in [6, 6.07) is 1.43. The number of amides is 1. The minimum absolute atomic E-state index is 0.194. The summed E-state index contributed by atoms with van der Waals surface area (Å²) in [6.07, 6.45) is 5.11. The third-order valence-corrected chi connectivity index (χ3v) is 6.33. The number of pyridine rings is 1. The van der Waals surface area contributed by atoms with Crippen molar-refractivity contribution in [3.05, 3.63) is 29.1 Å². The lowest BCUT2D eigenvalue weighted by atomic mass is 9.82. The monoisotopic (exact) mass is 460 g/mol. The quantitative estimate of drug-likeness (QED) is 0.573. The van der Waals surface area contributed by atoms with E-state index in [1.54, 1.807) is 13.8 Å². The smallest absolute Gasteiger partial charge is 0.407 e. The standard InChI is InChI=1S/C26H40N2O5/c1-9-17-10-11-18-12-13-27-19(21(17)18)15-26(22(29)31-25(7,8)33-26)20(14-16(2)3)28-23(30)32-24(4,5)6/h12-13,16-17,20H,9-11,14-15H2,1-8H3,(H,28,30)/t17?,20-,26+/m0/s1. The lowest BCUT2D eigenvalue weighted by molar-refractivity contribution is -0.170. The van der Waals surface area contributed by atoms with Crippen LogP contribution in [0.3, 0.4) is 0 Å². The molecule has 0 aromatic carbocycles. The largest absolute Gasteiger partial charge is 0.444 e. The minimum atomic E-state index is -1.40. The molecule has 1 fully saturated rings. The second-order valence-electron chi connectivity index (χ2n) is 11.3. The molecule has 1 aromatic rings. The van der Waals surface area contributed by atoms with Crippen molar-refractivity contribution in [3.63, 3.8) is 0 Å². The summed E-state index contributed by atoms with van der Waals surface area (Å²) in [4.78, 5) is 31.0. The van der Waals surface area contributed by atoms with E-state index in [4.69, 9.17) is 19.2 Å². The Labute approximate surface area is 198 Å². The molecule has 3 atom stereocenters. The zero-order valence-electron chi connectivity index (χ0n) is 21.4. The number of nitrogens with zero attached hydrogens (tertiary/aromatic N) is 1. The minimum Gasteiger partial charge on any atom is -0.444 e. The van der Waals surface area contributed by atoms with E-state index in [0.29, 0.717) is 12.3 Å². The van der Waals surface area contributed by atoms with E-state index in [0.717, 1.165) is 25.0 Å². The first-order chi connectivity index (χ1) is 15.3. The normalized spacial score (nSPS) is 25.0. The molecule has 1 N–H and O–H groups in total. The van der Waals surface area contributed by atoms with Crippen LogP contribution in [-0.4, -0.2) is 40.1 Å². The Balaban J connectivity index is 2.04. The molecule has 2 aliphatic rings. The first kappa shape index (κ1) is 25.5. The zero-order chi connectivity index (χ0) is 24.6. The van der Waals surface area contributed by atoms with Crippen molar-refractivity contribution in [2.45, 2.75) is 116 Å². The Kier molecular flexibility index (Phi) is 7.13. The van der Waals surface area contributed by atoms with Gasteiger partial charge >= 0.3 is 12.1 Å².